The van der Waals surface area contributed by atoms with Crippen molar-refractivity contribution in [3.8, 4) is 0 Å². The molecule has 0 spiro atoms. The van der Waals surface area contributed by atoms with Crippen LogP contribution in [0.3, 0.4) is 0 Å². The summed E-state index contributed by atoms with van der Waals surface area (Å²) in [7, 11) is 0. The number of fused-ring (bicyclic) bond motifs is 4. The summed E-state index contributed by atoms with van der Waals surface area (Å²) >= 11 is 0. The van der Waals surface area contributed by atoms with Crippen molar-refractivity contribution in [1.82, 2.24) is 9.47 Å². The molecule has 3 heteroatoms. The molecular weight excluding hydrogens is 212 g/mol. The van der Waals surface area contributed by atoms with Crippen molar-refractivity contribution in [2.75, 3.05) is 19.6 Å². The van der Waals surface area contributed by atoms with E-state index in [2.05, 4.69) is 17.5 Å². The predicted molar refractivity (Wildman–Crippen MR) is 68.2 cm³/mol. The van der Waals surface area contributed by atoms with E-state index >= 15 is 0 Å². The lowest BCUT2D eigenvalue weighted by Gasteiger charge is -2.42. The van der Waals surface area contributed by atoms with Crippen LogP contribution >= 0.6 is 0 Å². The van der Waals surface area contributed by atoms with Crippen LogP contribution in [0.1, 0.15) is 18.0 Å². The molecule has 0 amide bonds. The fraction of sp³-hybridized carbons (Fsp3) is 0.500. The molecule has 0 saturated carbocycles. The average molecular weight is 230 g/mol. The highest BCUT2D eigenvalue weighted by atomic mass is 16.1. The highest BCUT2D eigenvalue weighted by Crippen LogP contribution is 2.34. The summed E-state index contributed by atoms with van der Waals surface area (Å²) in [6, 6.07) is 5.67. The predicted octanol–water partition coefficient (Wildman–Crippen LogP) is 1.45. The Morgan fingerprint density at radius 3 is 3.06 bits per heavy atom. The second-order valence-corrected chi connectivity index (χ2v) is 5.21. The van der Waals surface area contributed by atoms with Gasteiger partial charge in [0.1, 0.15) is 0 Å². The first-order valence-electron chi connectivity index (χ1n) is 6.31. The summed E-state index contributed by atoms with van der Waals surface area (Å²) in [6.45, 7) is 7.82. The molecule has 2 atom stereocenters. The maximum absolute atomic E-state index is 11.8. The lowest BCUT2D eigenvalue weighted by Crippen LogP contribution is -2.46. The monoisotopic (exact) mass is 230 g/mol. The zero-order valence-electron chi connectivity index (χ0n) is 10.0. The van der Waals surface area contributed by atoms with Crippen molar-refractivity contribution in [2.45, 2.75) is 18.9 Å². The summed E-state index contributed by atoms with van der Waals surface area (Å²) in [4.78, 5) is 14.3. The summed E-state index contributed by atoms with van der Waals surface area (Å²) in [5.41, 5.74) is 1.39. The molecule has 3 heterocycles. The summed E-state index contributed by atoms with van der Waals surface area (Å²) in [5, 5.41) is 0. The molecule has 2 unspecified atom stereocenters. The molecule has 1 aromatic rings. The molecule has 0 aromatic carbocycles. The molecular formula is C14H18N2O. The van der Waals surface area contributed by atoms with Gasteiger partial charge in [0, 0.05) is 43.9 Å². The SMILES string of the molecule is C=CCN1CC2CC(C1)c1cccc(=O)n1C2. The Morgan fingerprint density at radius 2 is 2.24 bits per heavy atom. The van der Waals surface area contributed by atoms with Crippen LogP contribution in [0.2, 0.25) is 0 Å². The molecule has 2 bridgehead atoms. The van der Waals surface area contributed by atoms with Gasteiger partial charge in [0.05, 0.1) is 0 Å². The first-order chi connectivity index (χ1) is 8.28. The second-order valence-electron chi connectivity index (χ2n) is 5.21. The molecule has 2 aliphatic heterocycles. The standard InChI is InChI=1S/C14H18N2O/c1-2-6-15-8-11-7-12(10-15)13-4-3-5-14(17)16(13)9-11/h2-5,11-12H,1,6-10H2. The second kappa shape index (κ2) is 4.15. The van der Waals surface area contributed by atoms with Gasteiger partial charge < -0.3 is 4.57 Å². The van der Waals surface area contributed by atoms with E-state index in [1.54, 1.807) is 6.07 Å². The van der Waals surface area contributed by atoms with Crippen LogP contribution in [0.5, 0.6) is 0 Å². The summed E-state index contributed by atoms with van der Waals surface area (Å²) in [5.74, 6) is 1.15. The van der Waals surface area contributed by atoms with Gasteiger partial charge in [-0.05, 0) is 18.4 Å². The third kappa shape index (κ3) is 1.84. The minimum atomic E-state index is 0.161. The highest BCUT2D eigenvalue weighted by Gasteiger charge is 2.33. The number of hydrogen-bond donors (Lipinski definition) is 0. The lowest BCUT2D eigenvalue weighted by atomic mass is 9.83. The normalized spacial score (nSPS) is 27.5. The van der Waals surface area contributed by atoms with Crippen LogP contribution in [0, 0.1) is 5.92 Å². The van der Waals surface area contributed by atoms with Gasteiger partial charge in [-0.3, -0.25) is 9.69 Å². The zero-order chi connectivity index (χ0) is 11.8. The number of pyridine rings is 1. The average Bonchev–Trinajstić information content (AvgIpc) is 2.31. The number of rotatable bonds is 2. The number of aromatic nitrogens is 1. The molecule has 3 nitrogen and oxygen atoms in total. The van der Waals surface area contributed by atoms with Crippen molar-refractivity contribution in [3.05, 3.63) is 46.9 Å². The van der Waals surface area contributed by atoms with Crippen LogP contribution in [-0.2, 0) is 6.54 Å². The number of hydrogen-bond acceptors (Lipinski definition) is 2. The minimum absolute atomic E-state index is 0.161. The number of piperidine rings is 1. The van der Waals surface area contributed by atoms with Crippen LogP contribution in [0.25, 0.3) is 0 Å². The van der Waals surface area contributed by atoms with E-state index in [4.69, 9.17) is 0 Å². The zero-order valence-corrected chi connectivity index (χ0v) is 10.0. The van der Waals surface area contributed by atoms with E-state index in [-0.39, 0.29) is 5.56 Å². The fourth-order valence-corrected chi connectivity index (χ4v) is 3.33. The molecule has 1 fully saturated rings. The third-order valence-electron chi connectivity index (χ3n) is 3.94. The molecule has 2 aliphatic rings. The molecule has 1 aromatic heterocycles. The van der Waals surface area contributed by atoms with Crippen molar-refractivity contribution in [3.63, 3.8) is 0 Å². The molecule has 1 saturated heterocycles. The van der Waals surface area contributed by atoms with Crippen molar-refractivity contribution >= 4 is 0 Å². The largest absolute Gasteiger partial charge is 0.312 e. The van der Waals surface area contributed by atoms with Gasteiger partial charge >= 0.3 is 0 Å². The van der Waals surface area contributed by atoms with E-state index in [9.17, 15) is 4.79 Å². The van der Waals surface area contributed by atoms with E-state index in [0.29, 0.717) is 11.8 Å². The Balaban J connectivity index is 1.95. The Morgan fingerprint density at radius 1 is 1.35 bits per heavy atom. The van der Waals surface area contributed by atoms with Gasteiger partial charge in [-0.1, -0.05) is 12.1 Å². The van der Waals surface area contributed by atoms with E-state index in [1.807, 2.05) is 16.7 Å². The molecule has 0 N–H and O–H groups in total. The first-order valence-corrected chi connectivity index (χ1v) is 6.31. The maximum Gasteiger partial charge on any atom is 0.250 e. The number of likely N-dealkylation sites (tertiary alicyclic amines) is 1. The Hall–Kier alpha value is -1.35. The third-order valence-corrected chi connectivity index (χ3v) is 3.94. The topological polar surface area (TPSA) is 25.2 Å². The van der Waals surface area contributed by atoms with Gasteiger partial charge in [-0.25, -0.2) is 0 Å². The maximum atomic E-state index is 11.8. The fourth-order valence-electron chi connectivity index (χ4n) is 3.33. The molecule has 17 heavy (non-hydrogen) atoms. The van der Waals surface area contributed by atoms with Gasteiger partial charge in [0.2, 0.25) is 0 Å². The Labute approximate surface area is 101 Å². The van der Waals surface area contributed by atoms with E-state index in [1.165, 1.54) is 12.1 Å². The Bertz CT molecular complexity index is 491. The van der Waals surface area contributed by atoms with Crippen LogP contribution in [0.15, 0.2) is 35.6 Å². The van der Waals surface area contributed by atoms with Gasteiger partial charge in [-0.2, -0.15) is 0 Å². The van der Waals surface area contributed by atoms with Gasteiger partial charge in [0.15, 0.2) is 0 Å². The molecule has 0 aliphatic carbocycles. The summed E-state index contributed by atoms with van der Waals surface area (Å²) < 4.78 is 1.98. The van der Waals surface area contributed by atoms with Crippen LogP contribution in [-0.4, -0.2) is 29.1 Å². The van der Waals surface area contributed by atoms with E-state index in [0.717, 1.165) is 26.2 Å². The molecule has 3 rings (SSSR count). The quantitative estimate of drug-likeness (QED) is 0.719. The first kappa shape index (κ1) is 10.8. The van der Waals surface area contributed by atoms with Crippen LogP contribution in [0.4, 0.5) is 0 Å². The van der Waals surface area contributed by atoms with Crippen molar-refractivity contribution < 1.29 is 0 Å². The van der Waals surface area contributed by atoms with Crippen molar-refractivity contribution in [2.24, 2.45) is 5.92 Å². The van der Waals surface area contributed by atoms with Crippen LogP contribution < -0.4 is 5.56 Å². The van der Waals surface area contributed by atoms with Gasteiger partial charge in [0.25, 0.3) is 5.56 Å². The smallest absolute Gasteiger partial charge is 0.250 e. The molecule has 0 radical (unpaired) electrons. The van der Waals surface area contributed by atoms with Crippen molar-refractivity contribution in [1.29, 1.82) is 0 Å². The van der Waals surface area contributed by atoms with Gasteiger partial charge in [-0.15, -0.1) is 6.58 Å². The number of nitrogens with zero attached hydrogens (tertiary/aromatic N) is 2. The molecule has 90 valence electrons. The Kier molecular flexibility index (Phi) is 2.63. The summed E-state index contributed by atoms with van der Waals surface area (Å²) in [6.07, 6.45) is 3.20. The highest BCUT2D eigenvalue weighted by molar-refractivity contribution is 5.17. The minimum Gasteiger partial charge on any atom is -0.312 e. The van der Waals surface area contributed by atoms with E-state index < -0.39 is 0 Å². The lowest BCUT2D eigenvalue weighted by molar-refractivity contribution is 0.131.